The summed E-state index contributed by atoms with van der Waals surface area (Å²) in [6.45, 7) is 2.46. The molecule has 2 heterocycles. The van der Waals surface area contributed by atoms with Crippen LogP contribution in [-0.4, -0.2) is 21.3 Å². The monoisotopic (exact) mass is 386 g/mol. The van der Waals surface area contributed by atoms with Crippen molar-refractivity contribution in [2.45, 2.75) is 6.92 Å². The molecule has 3 aromatic rings. The quantitative estimate of drug-likeness (QED) is 0.500. The van der Waals surface area contributed by atoms with Gasteiger partial charge < -0.3 is 9.94 Å². The Kier molecular flexibility index (Phi) is 3.06. The molecule has 0 N–H and O–H groups in total. The maximum absolute atomic E-state index is 11.9. The molecule has 1 aromatic carbocycles. The third-order valence-electron chi connectivity index (χ3n) is 2.64. The predicted molar refractivity (Wildman–Crippen MR) is 76.0 cm³/mol. The highest BCUT2D eigenvalue weighted by Gasteiger charge is 2.19. The van der Waals surface area contributed by atoms with Crippen LogP contribution in [0.3, 0.4) is 0 Å². The van der Waals surface area contributed by atoms with Gasteiger partial charge in [-0.25, -0.2) is 0 Å². The van der Waals surface area contributed by atoms with Crippen molar-refractivity contribution >= 4 is 48.5 Å². The van der Waals surface area contributed by atoms with Crippen LogP contribution < -0.4 is 9.58 Å². The molecule has 19 heavy (non-hydrogen) atoms. The number of aromatic nitrogens is 4. The minimum Gasteiger partial charge on any atom is -0.691 e. The van der Waals surface area contributed by atoms with Crippen molar-refractivity contribution in [2.75, 3.05) is 6.61 Å². The van der Waals surface area contributed by atoms with Crippen LogP contribution in [0.25, 0.3) is 16.7 Å². The third-order valence-corrected chi connectivity index (χ3v) is 3.82. The van der Waals surface area contributed by atoms with Crippen LogP contribution in [0.5, 0.6) is 5.75 Å². The summed E-state index contributed by atoms with van der Waals surface area (Å²) >= 11 is 6.68. The number of hydrogen-bond donors (Lipinski definition) is 0. The fraction of sp³-hybridized carbons (Fsp3) is 0.182. The van der Waals surface area contributed by atoms with Gasteiger partial charge in [-0.1, -0.05) is 14.7 Å². The lowest BCUT2D eigenvalue weighted by Crippen LogP contribution is -2.33. The van der Waals surface area contributed by atoms with Crippen molar-refractivity contribution in [1.82, 2.24) is 14.7 Å². The smallest absolute Gasteiger partial charge is 0.348 e. The lowest BCUT2D eigenvalue weighted by molar-refractivity contribution is -0.643. The third kappa shape index (κ3) is 1.95. The highest BCUT2D eigenvalue weighted by atomic mass is 79.9. The molecule has 8 heteroatoms. The predicted octanol–water partition coefficient (Wildman–Crippen LogP) is 2.44. The van der Waals surface area contributed by atoms with E-state index in [1.807, 2.05) is 13.0 Å². The lowest BCUT2D eigenvalue weighted by atomic mass is 10.3. The summed E-state index contributed by atoms with van der Waals surface area (Å²) in [5.41, 5.74) is 1.59. The number of fused-ring (bicyclic) bond motifs is 3. The van der Waals surface area contributed by atoms with E-state index in [9.17, 15) is 5.21 Å². The molecule has 0 bridgehead atoms. The fourth-order valence-corrected chi connectivity index (χ4v) is 2.72. The van der Waals surface area contributed by atoms with Gasteiger partial charge in [0.15, 0.2) is 11.0 Å². The largest absolute Gasteiger partial charge is 0.691 e. The van der Waals surface area contributed by atoms with E-state index >= 15 is 0 Å². The van der Waals surface area contributed by atoms with Crippen LogP contribution >= 0.6 is 31.9 Å². The molecule has 0 aliphatic carbocycles. The molecular formula is C11H8Br2N4O2. The van der Waals surface area contributed by atoms with Crippen molar-refractivity contribution in [3.63, 3.8) is 0 Å². The number of benzene rings is 1. The van der Waals surface area contributed by atoms with Crippen molar-refractivity contribution < 1.29 is 9.58 Å². The van der Waals surface area contributed by atoms with Gasteiger partial charge in [0.1, 0.15) is 10.2 Å². The van der Waals surface area contributed by atoms with Gasteiger partial charge in [0, 0.05) is 6.07 Å². The van der Waals surface area contributed by atoms with Gasteiger partial charge in [0.05, 0.1) is 17.3 Å². The Morgan fingerprint density at radius 3 is 2.89 bits per heavy atom. The second kappa shape index (κ2) is 4.61. The van der Waals surface area contributed by atoms with Crippen LogP contribution in [0.15, 0.2) is 27.3 Å². The number of halogens is 2. The van der Waals surface area contributed by atoms with E-state index in [-0.39, 0.29) is 0 Å². The van der Waals surface area contributed by atoms with E-state index in [1.54, 1.807) is 12.3 Å². The molecular weight excluding hydrogens is 380 g/mol. The zero-order valence-corrected chi connectivity index (χ0v) is 13.0. The molecule has 0 saturated heterocycles. The average Bonchev–Trinajstić information content (AvgIpc) is 2.75. The molecule has 0 fully saturated rings. The molecule has 2 aromatic heterocycles. The first kappa shape index (κ1) is 12.6. The molecule has 0 atom stereocenters. The maximum Gasteiger partial charge on any atom is 0.348 e. The Labute approximate surface area is 124 Å². The van der Waals surface area contributed by atoms with Crippen molar-refractivity contribution in [3.05, 3.63) is 32.5 Å². The van der Waals surface area contributed by atoms with Gasteiger partial charge in [-0.3, -0.25) is 0 Å². The molecule has 98 valence electrons. The maximum atomic E-state index is 11.9. The molecule has 0 amide bonds. The van der Waals surface area contributed by atoms with Gasteiger partial charge >= 0.3 is 5.65 Å². The van der Waals surface area contributed by atoms with Crippen LogP contribution in [0.4, 0.5) is 0 Å². The molecule has 3 rings (SSSR count). The summed E-state index contributed by atoms with van der Waals surface area (Å²) in [6.07, 6.45) is 1.56. The Hall–Kier alpha value is -1.41. The normalized spacial score (nSPS) is 11.3. The Morgan fingerprint density at radius 1 is 1.37 bits per heavy atom. The average molecular weight is 388 g/mol. The van der Waals surface area contributed by atoms with E-state index in [0.29, 0.717) is 38.4 Å². The summed E-state index contributed by atoms with van der Waals surface area (Å²) in [7, 11) is 0. The van der Waals surface area contributed by atoms with Gasteiger partial charge in [0.25, 0.3) is 0 Å². The van der Waals surface area contributed by atoms with Crippen molar-refractivity contribution in [3.8, 4) is 5.75 Å². The van der Waals surface area contributed by atoms with E-state index in [1.165, 1.54) is 4.52 Å². The molecule has 0 radical (unpaired) electrons. The van der Waals surface area contributed by atoms with E-state index < -0.39 is 0 Å². The second-order valence-corrected chi connectivity index (χ2v) is 5.51. The second-order valence-electron chi connectivity index (χ2n) is 3.81. The van der Waals surface area contributed by atoms with Crippen molar-refractivity contribution in [1.29, 1.82) is 0 Å². The number of rotatable bonds is 2. The van der Waals surface area contributed by atoms with E-state index in [2.05, 4.69) is 42.1 Å². The summed E-state index contributed by atoms with van der Waals surface area (Å²) in [4.78, 5) is 0.548. The first-order chi connectivity index (χ1) is 9.11. The minimum absolute atomic E-state index is 0.345. The molecule has 0 saturated carbocycles. The standard InChI is InChI=1S/C11H8Br2N4O2/c1-2-19-10-4-9-8(3-6(10)12)15-17(18)11-7(13)5-14-16(9)11/h3-5H,2H2,1H3. The first-order valence-electron chi connectivity index (χ1n) is 5.51. The molecule has 0 unspecified atom stereocenters. The summed E-state index contributed by atoms with van der Waals surface area (Å²) in [5, 5.41) is 20.0. The summed E-state index contributed by atoms with van der Waals surface area (Å²) in [5.74, 6) is 0.688. The number of nitrogens with zero attached hydrogens (tertiary/aromatic N) is 4. The summed E-state index contributed by atoms with van der Waals surface area (Å²) in [6, 6.07) is 3.55. The van der Waals surface area contributed by atoms with Gasteiger partial charge in [-0.2, -0.15) is 0 Å². The van der Waals surface area contributed by atoms with E-state index in [0.717, 1.165) is 4.47 Å². The SMILES string of the molecule is CCOc1cc2c(cc1Br)n[n+]([O-])c1c(Br)cnn21. The van der Waals surface area contributed by atoms with Gasteiger partial charge in [0.2, 0.25) is 0 Å². The van der Waals surface area contributed by atoms with Crippen LogP contribution in [0.1, 0.15) is 6.92 Å². The number of ether oxygens (including phenoxy) is 1. The van der Waals surface area contributed by atoms with Crippen LogP contribution in [-0.2, 0) is 0 Å². The van der Waals surface area contributed by atoms with E-state index in [4.69, 9.17) is 4.74 Å². The molecule has 6 nitrogen and oxygen atoms in total. The zero-order chi connectivity index (χ0) is 13.6. The highest BCUT2D eigenvalue weighted by molar-refractivity contribution is 9.11. The Morgan fingerprint density at radius 2 is 2.16 bits per heavy atom. The minimum atomic E-state index is 0.345. The lowest BCUT2D eigenvalue weighted by Gasteiger charge is -2.07. The van der Waals surface area contributed by atoms with Crippen molar-refractivity contribution in [2.24, 2.45) is 0 Å². The fourth-order valence-electron chi connectivity index (χ4n) is 1.86. The number of hydrogen-bond acceptors (Lipinski definition) is 4. The molecule has 0 aliphatic rings. The topological polar surface area (TPSA) is 66.4 Å². The highest BCUT2D eigenvalue weighted by Crippen LogP contribution is 2.30. The van der Waals surface area contributed by atoms with Crippen LogP contribution in [0.2, 0.25) is 0 Å². The van der Waals surface area contributed by atoms with Gasteiger partial charge in [-0.05, 0) is 44.8 Å². The Bertz CT molecular complexity index is 787. The van der Waals surface area contributed by atoms with Gasteiger partial charge in [-0.15, -0.1) is 4.85 Å². The summed E-state index contributed by atoms with van der Waals surface area (Å²) < 4.78 is 8.40. The first-order valence-corrected chi connectivity index (χ1v) is 7.09. The zero-order valence-electron chi connectivity index (χ0n) is 9.80. The Balaban J connectivity index is 2.42. The molecule has 0 spiro atoms. The molecule has 0 aliphatic heterocycles. The van der Waals surface area contributed by atoms with Crippen LogP contribution in [0, 0.1) is 5.21 Å².